The van der Waals surface area contributed by atoms with Gasteiger partial charge in [-0.1, -0.05) is 17.3 Å². The van der Waals surface area contributed by atoms with Gasteiger partial charge in [-0.05, 0) is 24.3 Å². The summed E-state index contributed by atoms with van der Waals surface area (Å²) in [5.41, 5.74) is 3.91. The molecule has 0 saturated heterocycles. The number of nitrogens with zero attached hydrogens (tertiary/aromatic N) is 4. The number of hydrogen-bond donors (Lipinski definition) is 2. The van der Waals surface area contributed by atoms with Crippen LogP contribution in [0.15, 0.2) is 58.1 Å². The predicted molar refractivity (Wildman–Crippen MR) is 109 cm³/mol. The first kappa shape index (κ1) is 18.3. The van der Waals surface area contributed by atoms with Crippen molar-refractivity contribution in [3.8, 4) is 11.3 Å². The standard InChI is InChI=1S/C21H20N6O3/c28-21-17-13-29-8-6-18(17)23-20(24-21)12-27-11-19(25-26-27)14-3-1-4-15(9-14)22-10-16-5-2-7-30-16/h1-5,7,9,11,22H,6,8,10,12-13H2,(H,23,24,28). The summed E-state index contributed by atoms with van der Waals surface area (Å²) in [5, 5.41) is 11.8. The minimum Gasteiger partial charge on any atom is -0.467 e. The Kier molecular flexibility index (Phi) is 4.86. The van der Waals surface area contributed by atoms with E-state index in [0.29, 0.717) is 44.1 Å². The Labute approximate surface area is 171 Å². The number of aromatic nitrogens is 5. The van der Waals surface area contributed by atoms with Gasteiger partial charge in [-0.2, -0.15) is 0 Å². The molecule has 1 aliphatic heterocycles. The van der Waals surface area contributed by atoms with Crippen molar-refractivity contribution in [1.29, 1.82) is 0 Å². The highest BCUT2D eigenvalue weighted by molar-refractivity contribution is 5.64. The lowest BCUT2D eigenvalue weighted by molar-refractivity contribution is 0.107. The topological polar surface area (TPSA) is 111 Å². The van der Waals surface area contributed by atoms with E-state index in [1.807, 2.05) is 42.6 Å². The van der Waals surface area contributed by atoms with E-state index in [1.54, 1.807) is 10.9 Å². The van der Waals surface area contributed by atoms with E-state index in [4.69, 9.17) is 9.15 Å². The molecule has 30 heavy (non-hydrogen) atoms. The molecular formula is C21H20N6O3. The van der Waals surface area contributed by atoms with Crippen molar-refractivity contribution in [3.05, 3.63) is 82.1 Å². The third kappa shape index (κ3) is 3.87. The van der Waals surface area contributed by atoms with Gasteiger partial charge in [0.05, 0.1) is 43.5 Å². The molecule has 4 heterocycles. The van der Waals surface area contributed by atoms with E-state index in [2.05, 4.69) is 25.6 Å². The number of aromatic amines is 1. The number of fused-ring (bicyclic) bond motifs is 1. The average Bonchev–Trinajstić information content (AvgIpc) is 3.45. The summed E-state index contributed by atoms with van der Waals surface area (Å²) >= 11 is 0. The zero-order chi connectivity index (χ0) is 20.3. The van der Waals surface area contributed by atoms with E-state index in [-0.39, 0.29) is 5.56 Å². The van der Waals surface area contributed by atoms with Crippen LogP contribution in [-0.2, 0) is 30.9 Å². The first-order chi connectivity index (χ1) is 14.7. The largest absolute Gasteiger partial charge is 0.467 e. The van der Waals surface area contributed by atoms with Crippen LogP contribution in [-0.4, -0.2) is 31.6 Å². The molecule has 0 saturated carbocycles. The molecule has 2 N–H and O–H groups in total. The minimum atomic E-state index is -0.148. The first-order valence-electron chi connectivity index (χ1n) is 9.70. The summed E-state index contributed by atoms with van der Waals surface area (Å²) in [6, 6.07) is 11.7. The van der Waals surface area contributed by atoms with Crippen LogP contribution in [0.4, 0.5) is 5.69 Å². The molecule has 9 heteroatoms. The van der Waals surface area contributed by atoms with Crippen LogP contribution in [0.3, 0.4) is 0 Å². The Bertz CT molecular complexity index is 1210. The van der Waals surface area contributed by atoms with Crippen molar-refractivity contribution in [2.24, 2.45) is 0 Å². The van der Waals surface area contributed by atoms with Gasteiger partial charge in [-0.15, -0.1) is 5.10 Å². The van der Waals surface area contributed by atoms with Crippen LogP contribution in [0.2, 0.25) is 0 Å². The number of ether oxygens (including phenoxy) is 1. The van der Waals surface area contributed by atoms with E-state index in [9.17, 15) is 4.79 Å². The molecule has 0 radical (unpaired) electrons. The van der Waals surface area contributed by atoms with E-state index in [0.717, 1.165) is 28.4 Å². The number of rotatable bonds is 6. The van der Waals surface area contributed by atoms with Gasteiger partial charge in [0.25, 0.3) is 5.56 Å². The molecule has 4 aromatic rings. The van der Waals surface area contributed by atoms with Crippen LogP contribution >= 0.6 is 0 Å². The highest BCUT2D eigenvalue weighted by Crippen LogP contribution is 2.21. The quantitative estimate of drug-likeness (QED) is 0.507. The van der Waals surface area contributed by atoms with Gasteiger partial charge in [0.15, 0.2) is 0 Å². The normalized spacial score (nSPS) is 13.2. The number of hydrogen-bond acceptors (Lipinski definition) is 7. The summed E-state index contributed by atoms with van der Waals surface area (Å²) in [4.78, 5) is 19.6. The molecule has 152 valence electrons. The van der Waals surface area contributed by atoms with Gasteiger partial charge in [0.2, 0.25) is 0 Å². The Morgan fingerprint density at radius 2 is 2.20 bits per heavy atom. The van der Waals surface area contributed by atoms with Crippen molar-refractivity contribution in [3.63, 3.8) is 0 Å². The zero-order valence-corrected chi connectivity index (χ0v) is 16.2. The molecule has 9 nitrogen and oxygen atoms in total. The summed E-state index contributed by atoms with van der Waals surface area (Å²) < 4.78 is 12.4. The number of benzene rings is 1. The maximum absolute atomic E-state index is 12.3. The Morgan fingerprint density at radius 3 is 3.10 bits per heavy atom. The summed E-state index contributed by atoms with van der Waals surface area (Å²) in [7, 11) is 0. The van der Waals surface area contributed by atoms with Crippen LogP contribution in [0.25, 0.3) is 11.3 Å². The molecular weight excluding hydrogens is 384 g/mol. The van der Waals surface area contributed by atoms with Gasteiger partial charge in [0.1, 0.15) is 23.8 Å². The van der Waals surface area contributed by atoms with Crippen molar-refractivity contribution in [2.45, 2.75) is 26.1 Å². The fourth-order valence-electron chi connectivity index (χ4n) is 3.42. The number of furan rings is 1. The summed E-state index contributed by atoms with van der Waals surface area (Å²) in [5.74, 6) is 1.43. The fourth-order valence-corrected chi connectivity index (χ4v) is 3.42. The summed E-state index contributed by atoms with van der Waals surface area (Å²) in [6.45, 7) is 1.84. The molecule has 0 unspecified atom stereocenters. The smallest absolute Gasteiger partial charge is 0.256 e. The van der Waals surface area contributed by atoms with Crippen molar-refractivity contribution < 1.29 is 9.15 Å². The van der Waals surface area contributed by atoms with Gasteiger partial charge in [-0.25, -0.2) is 9.67 Å². The highest BCUT2D eigenvalue weighted by Gasteiger charge is 2.16. The van der Waals surface area contributed by atoms with Gasteiger partial charge in [0, 0.05) is 17.7 Å². The number of nitrogens with one attached hydrogen (secondary N) is 2. The lowest BCUT2D eigenvalue weighted by Gasteiger charge is -2.15. The van der Waals surface area contributed by atoms with Gasteiger partial charge in [-0.3, -0.25) is 4.79 Å². The first-order valence-corrected chi connectivity index (χ1v) is 9.70. The van der Waals surface area contributed by atoms with Crippen molar-refractivity contribution in [2.75, 3.05) is 11.9 Å². The van der Waals surface area contributed by atoms with Crippen LogP contribution in [0.1, 0.15) is 22.8 Å². The third-order valence-corrected chi connectivity index (χ3v) is 4.94. The lowest BCUT2D eigenvalue weighted by atomic mass is 10.1. The van der Waals surface area contributed by atoms with E-state index < -0.39 is 0 Å². The SMILES string of the molecule is O=c1[nH]c(Cn2cc(-c3cccc(NCc4ccco4)c3)nn2)nc2c1COCC2. The Balaban J connectivity index is 1.32. The van der Waals surface area contributed by atoms with Gasteiger partial charge < -0.3 is 19.5 Å². The van der Waals surface area contributed by atoms with Crippen molar-refractivity contribution in [1.82, 2.24) is 25.0 Å². The van der Waals surface area contributed by atoms with Crippen LogP contribution in [0.5, 0.6) is 0 Å². The Morgan fingerprint density at radius 1 is 1.23 bits per heavy atom. The number of anilines is 1. The second-order valence-corrected chi connectivity index (χ2v) is 7.06. The number of H-pyrrole nitrogens is 1. The van der Waals surface area contributed by atoms with Gasteiger partial charge >= 0.3 is 0 Å². The maximum atomic E-state index is 12.3. The zero-order valence-electron chi connectivity index (χ0n) is 16.2. The molecule has 0 bridgehead atoms. The third-order valence-electron chi connectivity index (χ3n) is 4.94. The molecule has 0 amide bonds. The van der Waals surface area contributed by atoms with Crippen LogP contribution < -0.4 is 10.9 Å². The lowest BCUT2D eigenvalue weighted by Crippen LogP contribution is -2.26. The second kappa shape index (κ2) is 7.96. The molecule has 1 aromatic carbocycles. The molecule has 0 atom stereocenters. The van der Waals surface area contributed by atoms with E-state index in [1.165, 1.54) is 0 Å². The summed E-state index contributed by atoms with van der Waals surface area (Å²) in [6.07, 6.45) is 4.14. The molecule has 3 aromatic heterocycles. The molecule has 0 aliphatic carbocycles. The maximum Gasteiger partial charge on any atom is 0.256 e. The second-order valence-electron chi connectivity index (χ2n) is 7.06. The van der Waals surface area contributed by atoms with Crippen molar-refractivity contribution >= 4 is 5.69 Å². The Hall–Kier alpha value is -3.72. The fraction of sp³-hybridized carbons (Fsp3) is 0.238. The molecule has 5 rings (SSSR count). The molecule has 0 spiro atoms. The molecule has 0 fully saturated rings. The average molecular weight is 404 g/mol. The molecule has 1 aliphatic rings. The minimum absolute atomic E-state index is 0.148. The highest BCUT2D eigenvalue weighted by atomic mass is 16.5. The van der Waals surface area contributed by atoms with E-state index >= 15 is 0 Å². The van der Waals surface area contributed by atoms with Crippen LogP contribution in [0, 0.1) is 0 Å². The monoisotopic (exact) mass is 404 g/mol. The predicted octanol–water partition coefficient (Wildman–Crippen LogP) is 2.35.